The summed E-state index contributed by atoms with van der Waals surface area (Å²) in [6.07, 6.45) is 2.61. The highest BCUT2D eigenvalue weighted by Crippen LogP contribution is 2.35. The summed E-state index contributed by atoms with van der Waals surface area (Å²) < 4.78 is 31.5. The summed E-state index contributed by atoms with van der Waals surface area (Å²) in [5.74, 6) is 0.109. The van der Waals surface area contributed by atoms with Crippen LogP contribution in [-0.4, -0.2) is 22.9 Å². The maximum Gasteiger partial charge on any atom is 0.305 e. The van der Waals surface area contributed by atoms with Crippen molar-refractivity contribution in [1.29, 1.82) is 0 Å². The molecule has 1 aromatic rings. The number of methoxy groups -OCH3 is 1. The summed E-state index contributed by atoms with van der Waals surface area (Å²) in [6, 6.07) is 0.0821. The molecule has 0 radical (unpaired) electrons. The Balaban J connectivity index is 1.93. The molecule has 1 fully saturated rings. The fourth-order valence-electron chi connectivity index (χ4n) is 2.71. The van der Waals surface area contributed by atoms with Crippen molar-refractivity contribution < 1.29 is 18.3 Å². The van der Waals surface area contributed by atoms with Crippen molar-refractivity contribution in [2.24, 2.45) is 5.92 Å². The zero-order valence-corrected chi connectivity index (χ0v) is 11.4. The fraction of sp³-hybridized carbons (Fsp3) is 0.692. The first-order valence-electron chi connectivity index (χ1n) is 6.70. The van der Waals surface area contributed by atoms with Gasteiger partial charge in [0.15, 0.2) is 5.69 Å². The number of nitrogens with zero attached hydrogens (tertiary/aromatic N) is 2. The largest absolute Gasteiger partial charge is 0.469 e. The Kier molecular flexibility index (Phi) is 4.57. The summed E-state index contributed by atoms with van der Waals surface area (Å²) in [5, 5.41) is 3.89. The van der Waals surface area contributed by atoms with Gasteiger partial charge in [0.2, 0.25) is 0 Å². The number of nitrogen functional groups attached to an aromatic ring is 1. The van der Waals surface area contributed by atoms with E-state index in [1.165, 1.54) is 13.3 Å². The maximum absolute atomic E-state index is 12.6. The lowest BCUT2D eigenvalue weighted by Crippen LogP contribution is -2.21. The van der Waals surface area contributed by atoms with E-state index in [4.69, 9.17) is 5.73 Å². The molecule has 1 aliphatic rings. The Morgan fingerprint density at radius 3 is 2.65 bits per heavy atom. The van der Waals surface area contributed by atoms with Crippen LogP contribution in [0.5, 0.6) is 0 Å². The minimum absolute atomic E-state index is 0.0386. The van der Waals surface area contributed by atoms with Crippen LogP contribution in [-0.2, 0) is 9.53 Å². The first kappa shape index (κ1) is 14.7. The van der Waals surface area contributed by atoms with Crippen LogP contribution in [0.1, 0.15) is 50.3 Å². The number of hydrogen-bond donors (Lipinski definition) is 1. The van der Waals surface area contributed by atoms with Gasteiger partial charge in [0.25, 0.3) is 6.43 Å². The van der Waals surface area contributed by atoms with Gasteiger partial charge in [-0.3, -0.25) is 9.48 Å². The van der Waals surface area contributed by atoms with Gasteiger partial charge in [-0.1, -0.05) is 0 Å². The van der Waals surface area contributed by atoms with Crippen LogP contribution in [0.25, 0.3) is 0 Å². The Morgan fingerprint density at radius 1 is 1.50 bits per heavy atom. The van der Waals surface area contributed by atoms with Crippen molar-refractivity contribution >= 4 is 11.7 Å². The standard InChI is InChI=1S/C13H19F2N3O2/c1-20-11(19)6-8-2-4-9(5-3-8)18-7-10(16)12(17-18)13(14)15/h7-9,13H,2-6,16H2,1H3/t8-,9-. The van der Waals surface area contributed by atoms with Crippen LogP contribution in [0.2, 0.25) is 0 Å². The Hall–Kier alpha value is -1.66. The molecule has 2 N–H and O–H groups in total. The van der Waals surface area contributed by atoms with Crippen molar-refractivity contribution in [3.05, 3.63) is 11.9 Å². The molecule has 0 amide bonds. The van der Waals surface area contributed by atoms with Crippen LogP contribution in [0, 0.1) is 5.92 Å². The van der Waals surface area contributed by atoms with Gasteiger partial charge in [-0.25, -0.2) is 8.78 Å². The number of halogens is 2. The number of ether oxygens (including phenoxy) is 1. The molecule has 0 aromatic carbocycles. The van der Waals surface area contributed by atoms with Crippen LogP contribution >= 0.6 is 0 Å². The fourth-order valence-corrected chi connectivity index (χ4v) is 2.71. The third-order valence-corrected chi connectivity index (χ3v) is 3.87. The average molecular weight is 287 g/mol. The number of carbonyl (C=O) groups excluding carboxylic acids is 1. The molecular weight excluding hydrogens is 268 g/mol. The number of esters is 1. The minimum atomic E-state index is -2.65. The number of nitrogens with two attached hydrogens (primary N) is 1. The van der Waals surface area contributed by atoms with E-state index in [1.54, 1.807) is 4.68 Å². The van der Waals surface area contributed by atoms with Gasteiger partial charge in [-0.05, 0) is 31.6 Å². The average Bonchev–Trinajstić information content (AvgIpc) is 2.81. The molecule has 0 saturated heterocycles. The zero-order valence-electron chi connectivity index (χ0n) is 11.4. The molecule has 1 saturated carbocycles. The molecule has 112 valence electrons. The van der Waals surface area contributed by atoms with Crippen LogP contribution < -0.4 is 5.73 Å². The van der Waals surface area contributed by atoms with Crippen LogP contribution in [0.3, 0.4) is 0 Å². The third kappa shape index (κ3) is 3.26. The topological polar surface area (TPSA) is 70.1 Å². The molecular formula is C13H19F2N3O2. The van der Waals surface area contributed by atoms with E-state index in [0.717, 1.165) is 25.7 Å². The lowest BCUT2D eigenvalue weighted by molar-refractivity contribution is -0.142. The molecule has 0 spiro atoms. The van der Waals surface area contributed by atoms with Crippen molar-refractivity contribution in [2.75, 3.05) is 12.8 Å². The Morgan fingerprint density at radius 2 is 2.15 bits per heavy atom. The number of hydrogen-bond acceptors (Lipinski definition) is 4. The van der Waals surface area contributed by atoms with E-state index in [2.05, 4.69) is 9.84 Å². The third-order valence-electron chi connectivity index (χ3n) is 3.87. The van der Waals surface area contributed by atoms with E-state index in [0.29, 0.717) is 12.3 Å². The van der Waals surface area contributed by atoms with Gasteiger partial charge in [0.1, 0.15) is 0 Å². The smallest absolute Gasteiger partial charge is 0.305 e. The monoisotopic (exact) mass is 287 g/mol. The zero-order chi connectivity index (χ0) is 14.7. The molecule has 0 bridgehead atoms. The first-order valence-corrected chi connectivity index (χ1v) is 6.70. The van der Waals surface area contributed by atoms with E-state index >= 15 is 0 Å². The molecule has 7 heteroatoms. The van der Waals surface area contributed by atoms with Gasteiger partial charge in [-0.2, -0.15) is 5.10 Å². The maximum atomic E-state index is 12.6. The quantitative estimate of drug-likeness (QED) is 0.864. The van der Waals surface area contributed by atoms with Gasteiger partial charge in [-0.15, -0.1) is 0 Å². The summed E-state index contributed by atoms with van der Waals surface area (Å²) in [5.41, 5.74) is 5.23. The van der Waals surface area contributed by atoms with E-state index < -0.39 is 6.43 Å². The Labute approximate surface area is 116 Å². The molecule has 0 unspecified atom stereocenters. The van der Waals surface area contributed by atoms with Crippen LogP contribution in [0.15, 0.2) is 6.20 Å². The molecule has 1 aliphatic carbocycles. The van der Waals surface area contributed by atoms with Crippen molar-refractivity contribution in [2.45, 2.75) is 44.6 Å². The SMILES string of the molecule is COC(=O)C[C@H]1CC[C@H](n2cc(N)c(C(F)F)n2)CC1. The molecule has 2 rings (SSSR count). The second-order valence-electron chi connectivity index (χ2n) is 5.21. The summed E-state index contributed by atoms with van der Waals surface area (Å²) in [4.78, 5) is 11.2. The van der Waals surface area contributed by atoms with Gasteiger partial charge >= 0.3 is 5.97 Å². The molecule has 0 aliphatic heterocycles. The number of rotatable bonds is 4. The first-order chi connectivity index (χ1) is 9.51. The van der Waals surface area contributed by atoms with Gasteiger partial charge in [0.05, 0.1) is 18.8 Å². The van der Waals surface area contributed by atoms with Crippen molar-refractivity contribution in [3.63, 3.8) is 0 Å². The lowest BCUT2D eigenvalue weighted by atomic mass is 9.84. The van der Waals surface area contributed by atoms with Crippen molar-refractivity contribution in [1.82, 2.24) is 9.78 Å². The van der Waals surface area contributed by atoms with E-state index in [9.17, 15) is 13.6 Å². The minimum Gasteiger partial charge on any atom is -0.469 e. The number of alkyl halides is 2. The number of carbonyl (C=O) groups is 1. The second kappa shape index (κ2) is 6.19. The highest BCUT2D eigenvalue weighted by atomic mass is 19.3. The number of aromatic nitrogens is 2. The predicted octanol–water partition coefficient (Wildman–Crippen LogP) is 2.70. The molecule has 1 aromatic heterocycles. The highest BCUT2D eigenvalue weighted by molar-refractivity contribution is 5.69. The molecule has 1 heterocycles. The van der Waals surface area contributed by atoms with E-state index in [-0.39, 0.29) is 23.4 Å². The van der Waals surface area contributed by atoms with Gasteiger partial charge in [0, 0.05) is 12.6 Å². The lowest BCUT2D eigenvalue weighted by Gasteiger charge is -2.28. The number of anilines is 1. The summed E-state index contributed by atoms with van der Waals surface area (Å²) >= 11 is 0. The predicted molar refractivity (Wildman–Crippen MR) is 69.2 cm³/mol. The second-order valence-corrected chi connectivity index (χ2v) is 5.21. The molecule has 5 nitrogen and oxygen atoms in total. The highest BCUT2D eigenvalue weighted by Gasteiger charge is 2.26. The molecule has 0 atom stereocenters. The van der Waals surface area contributed by atoms with Crippen molar-refractivity contribution in [3.8, 4) is 0 Å². The Bertz CT molecular complexity index is 468. The normalized spacial score (nSPS) is 23.0. The summed E-state index contributed by atoms with van der Waals surface area (Å²) in [7, 11) is 1.38. The summed E-state index contributed by atoms with van der Waals surface area (Å²) in [6.45, 7) is 0. The molecule has 20 heavy (non-hydrogen) atoms. The van der Waals surface area contributed by atoms with E-state index in [1.807, 2.05) is 0 Å². The van der Waals surface area contributed by atoms with Gasteiger partial charge < -0.3 is 10.5 Å². The van der Waals surface area contributed by atoms with Crippen LogP contribution in [0.4, 0.5) is 14.5 Å².